The van der Waals surface area contributed by atoms with Gasteiger partial charge in [-0.05, 0) is 70.6 Å². The van der Waals surface area contributed by atoms with Crippen molar-refractivity contribution < 1.29 is 37.9 Å². The van der Waals surface area contributed by atoms with Crippen LogP contribution in [-0.2, 0) is 28.2 Å². The van der Waals surface area contributed by atoms with Crippen molar-refractivity contribution in [2.24, 2.45) is 0 Å². The molecule has 0 aliphatic heterocycles. The zero-order chi connectivity index (χ0) is 39.6. The molecule has 0 heterocycles. The molecule has 0 spiro atoms. The normalized spacial score (nSPS) is 12.9. The second kappa shape index (κ2) is 40.7. The minimum Gasteiger partial charge on any atom is -0.462 e. The Morgan fingerprint density at radius 2 is 0.852 bits per heavy atom. The summed E-state index contributed by atoms with van der Waals surface area (Å²) in [4.78, 5) is 42.9. The van der Waals surface area contributed by atoms with Crippen molar-refractivity contribution in [1.82, 2.24) is 0 Å². The van der Waals surface area contributed by atoms with Crippen LogP contribution in [0.3, 0.4) is 0 Å². The minimum absolute atomic E-state index is 0.140. The van der Waals surface area contributed by atoms with Crippen LogP contribution >= 0.6 is 7.82 Å². The number of phosphoric acid groups is 1. The molecule has 0 amide bonds. The highest BCUT2D eigenvalue weighted by Gasteiger charge is 2.22. The maximum atomic E-state index is 12.4. The Balaban J connectivity index is 3.97. The zero-order valence-corrected chi connectivity index (χ0v) is 35.5. The van der Waals surface area contributed by atoms with Crippen molar-refractivity contribution in [3.63, 3.8) is 0 Å². The number of esters is 2. The van der Waals surface area contributed by atoms with Gasteiger partial charge < -0.3 is 19.3 Å². The van der Waals surface area contributed by atoms with Crippen molar-refractivity contribution >= 4 is 19.8 Å². The van der Waals surface area contributed by atoms with Crippen LogP contribution < -0.4 is 0 Å². The van der Waals surface area contributed by atoms with Crippen LogP contribution in [0.5, 0.6) is 0 Å². The van der Waals surface area contributed by atoms with Crippen LogP contribution in [0.15, 0.2) is 48.6 Å². The highest BCUT2D eigenvalue weighted by Crippen LogP contribution is 2.36. The molecule has 0 fully saturated rings. The Morgan fingerprint density at radius 3 is 1.31 bits per heavy atom. The molecule has 0 aliphatic carbocycles. The first-order chi connectivity index (χ1) is 26.3. The summed E-state index contributed by atoms with van der Waals surface area (Å²) in [7, 11) is -4.77. The fourth-order valence-electron chi connectivity index (χ4n) is 6.03. The Kier molecular flexibility index (Phi) is 39.2. The second-order valence-electron chi connectivity index (χ2n) is 14.7. The molecule has 2 N–H and O–H groups in total. The van der Waals surface area contributed by atoms with Gasteiger partial charge in [-0.2, -0.15) is 0 Å². The molecule has 0 aromatic heterocycles. The molecule has 0 radical (unpaired) electrons. The summed E-state index contributed by atoms with van der Waals surface area (Å²) in [5.41, 5.74) is 0. The standard InChI is InChI=1S/C45H81O8P/c1-3-5-7-9-11-13-15-17-19-21-22-24-25-27-29-31-33-35-37-39-44(46)51-41-43(42-52-54(48,49)50)53-45(47)40-38-36-34-32-30-28-26-23-20-18-16-14-12-10-8-6-4-2/h17-20,26,28,32,34,43H,3-16,21-25,27,29-31,33,35-42H2,1-2H3,(H2,48,49,50)/b19-17-,20-18-,28-26-,34-32-/t43-/m1/s1. The zero-order valence-electron chi connectivity index (χ0n) is 34.6. The van der Waals surface area contributed by atoms with Crippen LogP contribution in [0.2, 0.25) is 0 Å². The Hall–Kier alpha value is -1.99. The van der Waals surface area contributed by atoms with E-state index in [9.17, 15) is 14.2 Å². The SMILES string of the molecule is CCCCCCCC/C=C\C/C=C\C/C=C\CCCC(=O)O[C@H](COC(=O)CCCCCCCCCCC/C=C\CCCCCCCC)COP(=O)(O)O. The summed E-state index contributed by atoms with van der Waals surface area (Å²) in [5, 5.41) is 0. The van der Waals surface area contributed by atoms with Gasteiger partial charge in [0.2, 0.25) is 0 Å². The molecule has 0 aromatic rings. The lowest BCUT2D eigenvalue weighted by atomic mass is 10.1. The van der Waals surface area contributed by atoms with E-state index in [4.69, 9.17) is 19.3 Å². The van der Waals surface area contributed by atoms with Gasteiger partial charge in [-0.3, -0.25) is 14.1 Å². The molecule has 0 saturated carbocycles. The molecular weight excluding hydrogens is 699 g/mol. The third-order valence-corrected chi connectivity index (χ3v) is 9.81. The first-order valence-corrected chi connectivity index (χ1v) is 23.5. The van der Waals surface area contributed by atoms with E-state index in [1.165, 1.54) is 122 Å². The third kappa shape index (κ3) is 42.7. The Morgan fingerprint density at radius 1 is 0.481 bits per heavy atom. The molecule has 9 heteroatoms. The molecular formula is C45H81O8P. The van der Waals surface area contributed by atoms with Gasteiger partial charge in [0.15, 0.2) is 6.10 Å². The number of carbonyl (C=O) groups is 2. The highest BCUT2D eigenvalue weighted by atomic mass is 31.2. The van der Waals surface area contributed by atoms with Gasteiger partial charge in [-0.1, -0.05) is 172 Å². The smallest absolute Gasteiger partial charge is 0.462 e. The number of unbranched alkanes of at least 4 members (excludes halogenated alkanes) is 22. The van der Waals surface area contributed by atoms with E-state index >= 15 is 0 Å². The summed E-state index contributed by atoms with van der Waals surface area (Å²) < 4.78 is 26.4. The van der Waals surface area contributed by atoms with E-state index in [2.05, 4.69) is 60.9 Å². The van der Waals surface area contributed by atoms with E-state index < -0.39 is 32.5 Å². The highest BCUT2D eigenvalue weighted by molar-refractivity contribution is 7.46. The lowest BCUT2D eigenvalue weighted by Gasteiger charge is -2.18. The molecule has 0 rings (SSSR count). The van der Waals surface area contributed by atoms with Gasteiger partial charge in [0, 0.05) is 12.8 Å². The molecule has 0 aromatic carbocycles. The summed E-state index contributed by atoms with van der Waals surface area (Å²) in [6.45, 7) is 3.64. The largest absolute Gasteiger partial charge is 0.469 e. The monoisotopic (exact) mass is 781 g/mol. The van der Waals surface area contributed by atoms with Gasteiger partial charge in [0.1, 0.15) is 6.61 Å². The van der Waals surface area contributed by atoms with E-state index in [1.54, 1.807) is 0 Å². The lowest BCUT2D eigenvalue weighted by molar-refractivity contribution is -0.161. The minimum atomic E-state index is -4.77. The predicted molar refractivity (Wildman–Crippen MR) is 225 cm³/mol. The molecule has 0 saturated heterocycles. The number of allylic oxidation sites excluding steroid dienone is 8. The van der Waals surface area contributed by atoms with Crippen molar-refractivity contribution in [1.29, 1.82) is 0 Å². The van der Waals surface area contributed by atoms with Crippen molar-refractivity contribution in [3.8, 4) is 0 Å². The van der Waals surface area contributed by atoms with Gasteiger partial charge in [-0.25, -0.2) is 4.57 Å². The van der Waals surface area contributed by atoms with Crippen LogP contribution in [0, 0.1) is 0 Å². The average Bonchev–Trinajstić information content (AvgIpc) is 3.14. The van der Waals surface area contributed by atoms with E-state index in [1.807, 2.05) is 6.08 Å². The second-order valence-corrected chi connectivity index (χ2v) is 15.9. The molecule has 314 valence electrons. The molecule has 0 bridgehead atoms. The fraction of sp³-hybridized carbons (Fsp3) is 0.778. The molecule has 54 heavy (non-hydrogen) atoms. The number of hydrogen-bond acceptors (Lipinski definition) is 6. The summed E-state index contributed by atoms with van der Waals surface area (Å²) in [6.07, 6.45) is 49.8. The van der Waals surface area contributed by atoms with Gasteiger partial charge >= 0.3 is 19.8 Å². The number of phosphoric ester groups is 1. The summed E-state index contributed by atoms with van der Waals surface area (Å²) >= 11 is 0. The van der Waals surface area contributed by atoms with Crippen LogP contribution in [0.4, 0.5) is 0 Å². The number of ether oxygens (including phenoxy) is 2. The van der Waals surface area contributed by atoms with Crippen molar-refractivity contribution in [2.45, 2.75) is 213 Å². The quantitative estimate of drug-likeness (QED) is 0.0273. The molecule has 8 nitrogen and oxygen atoms in total. The van der Waals surface area contributed by atoms with Crippen LogP contribution in [-0.4, -0.2) is 41.0 Å². The molecule has 0 unspecified atom stereocenters. The summed E-state index contributed by atoms with van der Waals surface area (Å²) in [5.74, 6) is -0.946. The maximum Gasteiger partial charge on any atom is 0.469 e. The Labute approximate surface area is 331 Å². The van der Waals surface area contributed by atoms with Crippen LogP contribution in [0.25, 0.3) is 0 Å². The van der Waals surface area contributed by atoms with Gasteiger partial charge in [0.25, 0.3) is 0 Å². The van der Waals surface area contributed by atoms with Crippen molar-refractivity contribution in [3.05, 3.63) is 48.6 Å². The first-order valence-electron chi connectivity index (χ1n) is 21.9. The van der Waals surface area contributed by atoms with Gasteiger partial charge in [-0.15, -0.1) is 0 Å². The third-order valence-electron chi connectivity index (χ3n) is 9.32. The maximum absolute atomic E-state index is 12.4. The lowest BCUT2D eigenvalue weighted by Crippen LogP contribution is -2.29. The van der Waals surface area contributed by atoms with E-state index in [0.717, 1.165) is 38.5 Å². The first kappa shape index (κ1) is 52.0. The van der Waals surface area contributed by atoms with Gasteiger partial charge in [0.05, 0.1) is 6.61 Å². The fourth-order valence-corrected chi connectivity index (χ4v) is 6.39. The number of rotatable bonds is 40. The molecule has 0 aliphatic rings. The topological polar surface area (TPSA) is 119 Å². The van der Waals surface area contributed by atoms with Crippen LogP contribution in [0.1, 0.15) is 206 Å². The van der Waals surface area contributed by atoms with E-state index in [0.29, 0.717) is 19.3 Å². The number of carbonyl (C=O) groups excluding carboxylic acids is 2. The van der Waals surface area contributed by atoms with Crippen molar-refractivity contribution in [2.75, 3.05) is 13.2 Å². The number of hydrogen-bond donors (Lipinski definition) is 2. The average molecular weight is 781 g/mol. The van der Waals surface area contributed by atoms with E-state index in [-0.39, 0.29) is 19.4 Å². The molecule has 1 atom stereocenters. The Bertz CT molecular complexity index is 1020. The summed E-state index contributed by atoms with van der Waals surface area (Å²) in [6, 6.07) is 0. The predicted octanol–water partition coefficient (Wildman–Crippen LogP) is 13.5.